The van der Waals surface area contributed by atoms with E-state index in [0.29, 0.717) is 31.9 Å². The van der Waals surface area contributed by atoms with Crippen molar-refractivity contribution in [3.8, 4) is 0 Å². The van der Waals surface area contributed by atoms with Crippen LogP contribution in [0.3, 0.4) is 0 Å². The number of amides is 2. The third-order valence-electron chi connectivity index (χ3n) is 5.53. The van der Waals surface area contributed by atoms with Crippen molar-refractivity contribution >= 4 is 11.7 Å². The van der Waals surface area contributed by atoms with E-state index in [2.05, 4.69) is 22.2 Å². The second kappa shape index (κ2) is 9.90. The minimum atomic E-state index is -0.198. The number of rotatable bonds is 6. The Morgan fingerprint density at radius 2 is 1.70 bits per heavy atom. The zero-order chi connectivity index (χ0) is 19.1. The number of likely N-dealkylation sites (N-methyl/N-ethyl adjacent to an activating group) is 1. The van der Waals surface area contributed by atoms with Gasteiger partial charge in [-0.05, 0) is 38.6 Å². The van der Waals surface area contributed by atoms with Gasteiger partial charge >= 0.3 is 6.03 Å². The molecule has 0 unspecified atom stereocenters. The van der Waals surface area contributed by atoms with Gasteiger partial charge in [-0.25, -0.2) is 9.18 Å². The van der Waals surface area contributed by atoms with Crippen LogP contribution in [0.2, 0.25) is 0 Å². The second-order valence-corrected chi connectivity index (χ2v) is 7.51. The number of carbonyl (C=O) groups is 1. The van der Waals surface area contributed by atoms with Crippen molar-refractivity contribution in [2.24, 2.45) is 0 Å². The van der Waals surface area contributed by atoms with Crippen LogP contribution in [0, 0.1) is 5.82 Å². The summed E-state index contributed by atoms with van der Waals surface area (Å²) in [5.41, 5.74) is 0.626. The number of hydrogen-bond acceptors (Lipinski definition) is 4. The van der Waals surface area contributed by atoms with E-state index in [4.69, 9.17) is 0 Å². The minimum absolute atomic E-state index is 0.00257. The quantitative estimate of drug-likeness (QED) is 0.766. The monoisotopic (exact) mass is 377 g/mol. The first-order chi connectivity index (χ1) is 13.1. The fraction of sp³-hybridized carbons (Fsp3) is 0.650. The predicted octanol–water partition coefficient (Wildman–Crippen LogP) is 1.68. The van der Waals surface area contributed by atoms with Crippen LogP contribution < -0.4 is 10.2 Å². The average molecular weight is 378 g/mol. The first-order valence-electron chi connectivity index (χ1n) is 10.1. The summed E-state index contributed by atoms with van der Waals surface area (Å²) in [4.78, 5) is 21.0. The Balaban J connectivity index is 1.29. The van der Waals surface area contributed by atoms with Crippen LogP contribution >= 0.6 is 0 Å². The van der Waals surface area contributed by atoms with Crippen LogP contribution in [0.4, 0.5) is 14.9 Å². The first-order valence-corrected chi connectivity index (χ1v) is 10.1. The van der Waals surface area contributed by atoms with Crippen LogP contribution in [-0.4, -0.2) is 93.2 Å². The molecule has 2 heterocycles. The summed E-state index contributed by atoms with van der Waals surface area (Å²) >= 11 is 0. The van der Waals surface area contributed by atoms with Crippen LogP contribution in [0.5, 0.6) is 0 Å². The van der Waals surface area contributed by atoms with Crippen molar-refractivity contribution in [1.82, 2.24) is 20.0 Å². The molecule has 150 valence electrons. The summed E-state index contributed by atoms with van der Waals surface area (Å²) in [5, 5.41) is 3.03. The van der Waals surface area contributed by atoms with Gasteiger partial charge in [-0.1, -0.05) is 12.1 Å². The molecule has 0 radical (unpaired) electrons. The lowest BCUT2D eigenvalue weighted by Gasteiger charge is -2.36. The molecule has 1 aromatic carbocycles. The number of anilines is 1. The number of carbonyl (C=O) groups excluding carboxylic acids is 1. The molecule has 27 heavy (non-hydrogen) atoms. The molecule has 0 aromatic heterocycles. The summed E-state index contributed by atoms with van der Waals surface area (Å²) in [5.74, 6) is -0.198. The summed E-state index contributed by atoms with van der Waals surface area (Å²) in [6, 6.07) is 6.83. The fourth-order valence-electron chi connectivity index (χ4n) is 3.70. The number of para-hydroxylation sites is 1. The fourth-order valence-corrected chi connectivity index (χ4v) is 3.70. The van der Waals surface area contributed by atoms with E-state index < -0.39 is 0 Å². The third kappa shape index (κ3) is 5.81. The Bertz CT molecular complexity index is 598. The number of halogens is 1. The Labute approximate surface area is 161 Å². The van der Waals surface area contributed by atoms with E-state index in [9.17, 15) is 9.18 Å². The normalized spacial score (nSPS) is 19.3. The molecule has 2 amide bonds. The highest BCUT2D eigenvalue weighted by Gasteiger charge is 2.22. The van der Waals surface area contributed by atoms with Gasteiger partial charge in [0.25, 0.3) is 0 Å². The van der Waals surface area contributed by atoms with E-state index in [0.717, 1.165) is 52.1 Å². The van der Waals surface area contributed by atoms with Gasteiger partial charge in [0.2, 0.25) is 0 Å². The smallest absolute Gasteiger partial charge is 0.317 e. The highest BCUT2D eigenvalue weighted by atomic mass is 19.1. The minimum Gasteiger partial charge on any atom is -0.366 e. The number of unbranched alkanes of at least 4 members (excludes halogenated alkanes) is 1. The molecule has 1 N–H and O–H groups in total. The number of nitrogens with one attached hydrogen (secondary N) is 1. The topological polar surface area (TPSA) is 42.1 Å². The van der Waals surface area contributed by atoms with E-state index in [-0.39, 0.29) is 11.8 Å². The van der Waals surface area contributed by atoms with Crippen molar-refractivity contribution in [3.63, 3.8) is 0 Å². The lowest BCUT2D eigenvalue weighted by atomic mass is 10.2. The molecule has 6 nitrogen and oxygen atoms in total. The maximum Gasteiger partial charge on any atom is 0.317 e. The molecular weight excluding hydrogens is 345 g/mol. The van der Waals surface area contributed by atoms with Crippen molar-refractivity contribution < 1.29 is 9.18 Å². The molecule has 0 bridgehead atoms. The van der Waals surface area contributed by atoms with Gasteiger partial charge in [-0.3, -0.25) is 0 Å². The molecule has 0 aliphatic carbocycles. The van der Waals surface area contributed by atoms with Crippen molar-refractivity contribution in [1.29, 1.82) is 0 Å². The van der Waals surface area contributed by atoms with Gasteiger partial charge in [0.05, 0.1) is 5.69 Å². The molecule has 0 atom stereocenters. The largest absolute Gasteiger partial charge is 0.366 e. The molecule has 2 fully saturated rings. The van der Waals surface area contributed by atoms with Crippen molar-refractivity contribution in [3.05, 3.63) is 30.1 Å². The van der Waals surface area contributed by atoms with Crippen LogP contribution in [-0.2, 0) is 0 Å². The number of nitrogens with zero attached hydrogens (tertiary/aromatic N) is 4. The van der Waals surface area contributed by atoms with Gasteiger partial charge in [-0.15, -0.1) is 0 Å². The second-order valence-electron chi connectivity index (χ2n) is 7.51. The highest BCUT2D eigenvalue weighted by molar-refractivity contribution is 5.74. The highest BCUT2D eigenvalue weighted by Crippen LogP contribution is 2.20. The molecule has 3 rings (SSSR count). The van der Waals surface area contributed by atoms with Gasteiger partial charge in [0.15, 0.2) is 0 Å². The SMILES string of the molecule is CN1CCN(CCCCNC(=O)N2CCN(c3ccccc3F)CC2)CC1. The van der Waals surface area contributed by atoms with Gasteiger partial charge < -0.3 is 24.9 Å². The number of hydrogen-bond donors (Lipinski definition) is 1. The standard InChI is InChI=1S/C20H32FN5O/c1-23-10-12-24(13-11-23)9-5-4-8-22-20(27)26-16-14-25(15-17-26)19-7-3-2-6-18(19)21/h2-3,6-7H,4-5,8-17H2,1H3,(H,22,27). The summed E-state index contributed by atoms with van der Waals surface area (Å²) in [7, 11) is 2.17. The molecule has 2 saturated heterocycles. The molecule has 1 aromatic rings. The lowest BCUT2D eigenvalue weighted by molar-refractivity contribution is 0.152. The van der Waals surface area contributed by atoms with E-state index >= 15 is 0 Å². The Hall–Kier alpha value is -1.86. The molecule has 2 aliphatic heterocycles. The zero-order valence-electron chi connectivity index (χ0n) is 16.4. The zero-order valence-corrected chi connectivity index (χ0v) is 16.4. The summed E-state index contributed by atoms with van der Waals surface area (Å²) in [6.07, 6.45) is 2.12. The lowest BCUT2D eigenvalue weighted by Crippen LogP contribution is -2.52. The average Bonchev–Trinajstić information content (AvgIpc) is 2.69. The summed E-state index contributed by atoms with van der Waals surface area (Å²) in [6.45, 7) is 9.01. The Morgan fingerprint density at radius 1 is 1.00 bits per heavy atom. The maximum absolute atomic E-state index is 13.9. The number of piperazine rings is 2. The third-order valence-corrected chi connectivity index (χ3v) is 5.53. The maximum atomic E-state index is 13.9. The predicted molar refractivity (Wildman–Crippen MR) is 107 cm³/mol. The van der Waals surface area contributed by atoms with Gasteiger partial charge in [0.1, 0.15) is 5.82 Å². The first kappa shape index (κ1) is 19.9. The van der Waals surface area contributed by atoms with Crippen LogP contribution in [0.1, 0.15) is 12.8 Å². The number of urea groups is 1. The molecular formula is C20H32FN5O. The van der Waals surface area contributed by atoms with E-state index in [1.165, 1.54) is 6.07 Å². The Morgan fingerprint density at radius 3 is 2.41 bits per heavy atom. The van der Waals surface area contributed by atoms with E-state index in [1.54, 1.807) is 12.1 Å². The Kier molecular flexibility index (Phi) is 7.29. The molecule has 7 heteroatoms. The van der Waals surface area contributed by atoms with Crippen molar-refractivity contribution in [2.45, 2.75) is 12.8 Å². The van der Waals surface area contributed by atoms with Crippen molar-refractivity contribution in [2.75, 3.05) is 77.4 Å². The van der Waals surface area contributed by atoms with Gasteiger partial charge in [0, 0.05) is 58.9 Å². The molecule has 0 saturated carbocycles. The van der Waals surface area contributed by atoms with Crippen LogP contribution in [0.25, 0.3) is 0 Å². The molecule has 2 aliphatic rings. The summed E-state index contributed by atoms with van der Waals surface area (Å²) < 4.78 is 13.9. The number of benzene rings is 1. The molecule has 0 spiro atoms. The van der Waals surface area contributed by atoms with Gasteiger partial charge in [-0.2, -0.15) is 0 Å². The van der Waals surface area contributed by atoms with Crippen LogP contribution in [0.15, 0.2) is 24.3 Å². The van der Waals surface area contributed by atoms with E-state index in [1.807, 2.05) is 15.9 Å².